The first-order valence-corrected chi connectivity index (χ1v) is 12.2. The topological polar surface area (TPSA) is 124 Å². The average Bonchev–Trinajstić information content (AvgIpc) is 3.35. The van der Waals surface area contributed by atoms with Crippen molar-refractivity contribution in [3.05, 3.63) is 48.8 Å². The molecule has 0 saturated carbocycles. The summed E-state index contributed by atoms with van der Waals surface area (Å²) in [6.45, 7) is 5.39. The summed E-state index contributed by atoms with van der Waals surface area (Å²) in [5, 5.41) is 14.7. The Morgan fingerprint density at radius 3 is 2.53 bits per heavy atom. The number of aromatic amines is 1. The number of aromatic nitrogens is 3. The zero-order valence-electron chi connectivity index (χ0n) is 20.2. The molecule has 4 heterocycles. The van der Waals surface area contributed by atoms with Gasteiger partial charge in [0.05, 0.1) is 18.6 Å². The van der Waals surface area contributed by atoms with Gasteiger partial charge in [-0.1, -0.05) is 18.2 Å². The molecular weight excluding hydrogens is 460 g/mol. The molecule has 2 amide bonds. The van der Waals surface area contributed by atoms with E-state index in [1.807, 2.05) is 18.2 Å². The lowest BCUT2D eigenvalue weighted by Crippen LogP contribution is -2.52. The number of carbonyl (C=O) groups excluding carboxylic acids is 2. The minimum Gasteiger partial charge on any atom is -0.380 e. The predicted molar refractivity (Wildman–Crippen MR) is 137 cm³/mol. The molecule has 0 bridgehead atoms. The molecule has 0 aliphatic carbocycles. The second kappa shape index (κ2) is 10.1. The summed E-state index contributed by atoms with van der Waals surface area (Å²) < 4.78 is 5.46. The minimum atomic E-state index is -1.50. The van der Waals surface area contributed by atoms with Gasteiger partial charge in [-0.2, -0.15) is 0 Å². The monoisotopic (exact) mass is 490 g/mol. The van der Waals surface area contributed by atoms with E-state index in [-0.39, 0.29) is 18.7 Å². The van der Waals surface area contributed by atoms with Gasteiger partial charge in [0.25, 0.3) is 5.91 Å². The van der Waals surface area contributed by atoms with Gasteiger partial charge in [-0.15, -0.1) is 0 Å². The zero-order valence-corrected chi connectivity index (χ0v) is 20.2. The number of nitrogens with one attached hydrogen (secondary N) is 2. The molecule has 1 aromatic carbocycles. The number of rotatable bonds is 5. The number of likely N-dealkylation sites (tertiary alicyclic amines) is 1. The largest absolute Gasteiger partial charge is 0.380 e. The number of amides is 2. The molecule has 0 atom stereocenters. The summed E-state index contributed by atoms with van der Waals surface area (Å²) in [5.74, 6) is 0.335. The zero-order chi connectivity index (χ0) is 25.1. The van der Waals surface area contributed by atoms with Crippen LogP contribution < -0.4 is 10.2 Å². The Hall–Kier alpha value is -3.76. The SMILES string of the molecule is C/C=C/C(=O)N1CCC(O)(C(=O)Nc2ccc(-c3cc4c(N5CCOCC5)ncnc4[nH]3)cc2)CC1. The van der Waals surface area contributed by atoms with Gasteiger partial charge in [0, 0.05) is 50.4 Å². The van der Waals surface area contributed by atoms with Crippen LogP contribution in [0.2, 0.25) is 0 Å². The average molecular weight is 491 g/mol. The second-order valence-electron chi connectivity index (χ2n) is 9.13. The quantitative estimate of drug-likeness (QED) is 0.469. The van der Waals surface area contributed by atoms with E-state index in [1.165, 1.54) is 6.08 Å². The Kier molecular flexibility index (Phi) is 6.71. The molecule has 0 spiro atoms. The number of ether oxygens (including phenoxy) is 1. The van der Waals surface area contributed by atoms with E-state index in [0.717, 1.165) is 41.2 Å². The van der Waals surface area contributed by atoms with Crippen LogP contribution in [0.4, 0.5) is 11.5 Å². The highest BCUT2D eigenvalue weighted by Gasteiger charge is 2.40. The normalized spacial score (nSPS) is 18.1. The molecule has 0 radical (unpaired) electrons. The second-order valence-corrected chi connectivity index (χ2v) is 9.13. The molecular formula is C26H30N6O4. The highest BCUT2D eigenvalue weighted by molar-refractivity contribution is 5.98. The third-order valence-corrected chi connectivity index (χ3v) is 6.80. The summed E-state index contributed by atoms with van der Waals surface area (Å²) in [6, 6.07) is 9.47. The van der Waals surface area contributed by atoms with Gasteiger partial charge < -0.3 is 29.9 Å². The van der Waals surface area contributed by atoms with Crippen molar-refractivity contribution in [2.24, 2.45) is 0 Å². The molecule has 2 fully saturated rings. The van der Waals surface area contributed by atoms with Gasteiger partial charge in [-0.05, 0) is 36.8 Å². The van der Waals surface area contributed by atoms with Crippen molar-refractivity contribution >= 4 is 34.4 Å². The van der Waals surface area contributed by atoms with Crippen LogP contribution in [0.3, 0.4) is 0 Å². The van der Waals surface area contributed by atoms with Crippen molar-refractivity contribution in [1.82, 2.24) is 19.9 Å². The Labute approximate surface area is 209 Å². The number of aliphatic hydroxyl groups is 1. The number of benzene rings is 1. The molecule has 188 valence electrons. The van der Waals surface area contributed by atoms with Crippen molar-refractivity contribution < 1.29 is 19.4 Å². The number of fused-ring (bicyclic) bond motifs is 1. The van der Waals surface area contributed by atoms with E-state index in [0.29, 0.717) is 32.0 Å². The van der Waals surface area contributed by atoms with E-state index >= 15 is 0 Å². The smallest absolute Gasteiger partial charge is 0.256 e. The van der Waals surface area contributed by atoms with Crippen molar-refractivity contribution in [3.63, 3.8) is 0 Å². The molecule has 2 aromatic heterocycles. The number of hydrogen-bond donors (Lipinski definition) is 3. The van der Waals surface area contributed by atoms with Gasteiger partial charge in [-0.3, -0.25) is 9.59 Å². The standard InChI is InChI=1S/C26H30N6O4/c1-2-3-22(33)31-10-8-26(35,9-11-31)25(34)29-19-6-4-18(5-7-19)21-16-20-23(30-21)27-17-28-24(20)32-12-14-36-15-13-32/h2-7,16-17,35H,8-15H2,1H3,(H,29,34)(H,27,28,30)/b3-2+. The van der Waals surface area contributed by atoms with Gasteiger partial charge in [0.15, 0.2) is 0 Å². The number of hydrogen-bond acceptors (Lipinski definition) is 7. The molecule has 10 heteroatoms. The van der Waals surface area contributed by atoms with E-state index < -0.39 is 11.5 Å². The molecule has 36 heavy (non-hydrogen) atoms. The highest BCUT2D eigenvalue weighted by Crippen LogP contribution is 2.30. The van der Waals surface area contributed by atoms with E-state index in [9.17, 15) is 14.7 Å². The van der Waals surface area contributed by atoms with Crippen LogP contribution in [0.15, 0.2) is 48.8 Å². The first-order valence-electron chi connectivity index (χ1n) is 12.2. The van der Waals surface area contributed by atoms with Crippen molar-refractivity contribution in [2.45, 2.75) is 25.4 Å². The van der Waals surface area contributed by atoms with Crippen molar-refractivity contribution in [3.8, 4) is 11.3 Å². The highest BCUT2D eigenvalue weighted by atomic mass is 16.5. The van der Waals surface area contributed by atoms with Crippen molar-refractivity contribution in [2.75, 3.05) is 49.6 Å². The molecule has 3 N–H and O–H groups in total. The number of nitrogens with zero attached hydrogens (tertiary/aromatic N) is 4. The van der Waals surface area contributed by atoms with Crippen molar-refractivity contribution in [1.29, 1.82) is 0 Å². The molecule has 10 nitrogen and oxygen atoms in total. The Morgan fingerprint density at radius 2 is 1.83 bits per heavy atom. The molecule has 2 saturated heterocycles. The van der Waals surface area contributed by atoms with Crippen LogP contribution in [0.25, 0.3) is 22.3 Å². The number of allylic oxidation sites excluding steroid dienone is 1. The number of morpholine rings is 1. The van der Waals surface area contributed by atoms with Gasteiger partial charge in [0.1, 0.15) is 23.4 Å². The number of piperidine rings is 1. The van der Waals surface area contributed by atoms with E-state index in [4.69, 9.17) is 4.74 Å². The Balaban J connectivity index is 1.26. The molecule has 2 aliphatic heterocycles. The van der Waals surface area contributed by atoms with E-state index in [2.05, 4.69) is 25.2 Å². The third kappa shape index (κ3) is 4.82. The lowest BCUT2D eigenvalue weighted by molar-refractivity contribution is -0.143. The van der Waals surface area contributed by atoms with Gasteiger partial charge in [0.2, 0.25) is 5.91 Å². The van der Waals surface area contributed by atoms with Gasteiger partial charge >= 0.3 is 0 Å². The molecule has 5 rings (SSSR count). The fourth-order valence-corrected chi connectivity index (χ4v) is 4.66. The van der Waals surface area contributed by atoms with Crippen LogP contribution in [0, 0.1) is 0 Å². The lowest BCUT2D eigenvalue weighted by Gasteiger charge is -2.36. The number of carbonyl (C=O) groups is 2. The summed E-state index contributed by atoms with van der Waals surface area (Å²) in [4.78, 5) is 40.9. The fourth-order valence-electron chi connectivity index (χ4n) is 4.66. The van der Waals surface area contributed by atoms with Gasteiger partial charge in [-0.25, -0.2) is 9.97 Å². The maximum absolute atomic E-state index is 12.8. The molecule has 3 aromatic rings. The maximum atomic E-state index is 12.8. The summed E-state index contributed by atoms with van der Waals surface area (Å²) in [6.07, 6.45) is 5.14. The van der Waals surface area contributed by atoms with E-state index in [1.54, 1.807) is 36.4 Å². The fraction of sp³-hybridized carbons (Fsp3) is 0.385. The maximum Gasteiger partial charge on any atom is 0.256 e. The molecule has 0 unspecified atom stereocenters. The predicted octanol–water partition coefficient (Wildman–Crippen LogP) is 2.33. The first-order chi connectivity index (χ1) is 17.5. The third-order valence-electron chi connectivity index (χ3n) is 6.80. The van der Waals surface area contributed by atoms with Crippen LogP contribution in [-0.4, -0.2) is 81.8 Å². The Bertz CT molecular complexity index is 1270. The van der Waals surface area contributed by atoms with Crippen LogP contribution >= 0.6 is 0 Å². The Morgan fingerprint density at radius 1 is 1.11 bits per heavy atom. The molecule has 2 aliphatic rings. The summed E-state index contributed by atoms with van der Waals surface area (Å²) in [5.41, 5.74) is 1.69. The van der Waals surface area contributed by atoms with Crippen LogP contribution in [0.1, 0.15) is 19.8 Å². The number of anilines is 2. The lowest BCUT2D eigenvalue weighted by atomic mass is 9.90. The summed E-state index contributed by atoms with van der Waals surface area (Å²) in [7, 11) is 0. The first kappa shape index (κ1) is 24.0. The summed E-state index contributed by atoms with van der Waals surface area (Å²) >= 11 is 0. The number of H-pyrrole nitrogens is 1. The van der Waals surface area contributed by atoms with Crippen LogP contribution in [0.5, 0.6) is 0 Å². The van der Waals surface area contributed by atoms with Crippen LogP contribution in [-0.2, 0) is 14.3 Å². The minimum absolute atomic E-state index is 0.101.